The molecule has 1 unspecified atom stereocenters. The Labute approximate surface area is 328 Å². The first-order valence-corrected chi connectivity index (χ1v) is 24.5. The molecule has 1 saturated heterocycles. The highest BCUT2D eigenvalue weighted by molar-refractivity contribution is 5.69. The van der Waals surface area contributed by atoms with Gasteiger partial charge in [0.1, 0.15) is 0 Å². The summed E-state index contributed by atoms with van der Waals surface area (Å²) in [6, 6.07) is 0. The van der Waals surface area contributed by atoms with Crippen LogP contribution in [0.5, 0.6) is 0 Å². The van der Waals surface area contributed by atoms with Crippen LogP contribution in [-0.4, -0.2) is 37.1 Å². The third-order valence-electron chi connectivity index (χ3n) is 12.6. The van der Waals surface area contributed by atoms with Gasteiger partial charge < -0.3 is 9.64 Å². The number of nitrogens with zero attached hydrogens (tertiary/aromatic N) is 1. The lowest BCUT2D eigenvalue weighted by atomic mass is 9.90. The predicted molar refractivity (Wildman–Crippen MR) is 231 cm³/mol. The standard InChI is InChI=1S/C49H97NO2/c1-5-9-23-33-46(34-24-10-6-2)37-27-19-15-13-14-16-20-28-38-48(45-50-42-31-32-43-50)39-29-21-17-18-22-30-40-49(51)52-44-41-47(35-25-11-7-3)36-26-12-8-4/h46-48H,5-45H2,1-4H3. The average Bonchev–Trinajstić information content (AvgIpc) is 3.66. The molecule has 0 aliphatic carbocycles. The van der Waals surface area contributed by atoms with E-state index in [9.17, 15) is 4.79 Å². The summed E-state index contributed by atoms with van der Waals surface area (Å²) < 4.78 is 5.67. The van der Waals surface area contributed by atoms with Crippen LogP contribution in [-0.2, 0) is 9.53 Å². The first-order chi connectivity index (χ1) is 25.6. The monoisotopic (exact) mass is 732 g/mol. The largest absolute Gasteiger partial charge is 0.466 e. The van der Waals surface area contributed by atoms with Gasteiger partial charge in [-0.2, -0.15) is 0 Å². The molecule has 3 nitrogen and oxygen atoms in total. The van der Waals surface area contributed by atoms with E-state index in [4.69, 9.17) is 4.74 Å². The van der Waals surface area contributed by atoms with Gasteiger partial charge in [0.2, 0.25) is 0 Å². The Morgan fingerprint density at radius 1 is 0.423 bits per heavy atom. The molecule has 310 valence electrons. The van der Waals surface area contributed by atoms with Crippen LogP contribution in [0.1, 0.15) is 265 Å². The molecule has 1 aliphatic heterocycles. The summed E-state index contributed by atoms with van der Waals surface area (Å²) in [5.41, 5.74) is 0. The Morgan fingerprint density at radius 2 is 0.750 bits per heavy atom. The van der Waals surface area contributed by atoms with Gasteiger partial charge >= 0.3 is 5.97 Å². The second-order valence-corrected chi connectivity index (χ2v) is 17.7. The maximum atomic E-state index is 12.4. The molecule has 1 rings (SSSR count). The van der Waals surface area contributed by atoms with Gasteiger partial charge in [-0.15, -0.1) is 0 Å². The number of hydrogen-bond donors (Lipinski definition) is 0. The van der Waals surface area contributed by atoms with Gasteiger partial charge in [-0.05, 0) is 69.4 Å². The molecule has 1 fully saturated rings. The van der Waals surface area contributed by atoms with Crippen LogP contribution in [0.25, 0.3) is 0 Å². The smallest absolute Gasteiger partial charge is 0.305 e. The van der Waals surface area contributed by atoms with Crippen molar-refractivity contribution in [3.8, 4) is 0 Å². The maximum absolute atomic E-state index is 12.4. The number of esters is 1. The topological polar surface area (TPSA) is 29.5 Å². The van der Waals surface area contributed by atoms with Crippen molar-refractivity contribution in [2.45, 2.75) is 265 Å². The zero-order chi connectivity index (χ0) is 37.6. The van der Waals surface area contributed by atoms with E-state index in [-0.39, 0.29) is 5.97 Å². The molecule has 0 saturated carbocycles. The maximum Gasteiger partial charge on any atom is 0.305 e. The highest BCUT2D eigenvalue weighted by Crippen LogP contribution is 2.26. The van der Waals surface area contributed by atoms with Crippen LogP contribution < -0.4 is 0 Å². The number of unbranched alkanes of at least 4 members (excludes halogenated alkanes) is 20. The molecule has 0 spiro atoms. The molecule has 52 heavy (non-hydrogen) atoms. The van der Waals surface area contributed by atoms with Crippen LogP contribution in [0.15, 0.2) is 0 Å². The Hall–Kier alpha value is -0.570. The van der Waals surface area contributed by atoms with Crippen molar-refractivity contribution in [3.05, 3.63) is 0 Å². The summed E-state index contributed by atoms with van der Waals surface area (Å²) in [5.74, 6) is 2.71. The van der Waals surface area contributed by atoms with E-state index in [2.05, 4.69) is 32.6 Å². The summed E-state index contributed by atoms with van der Waals surface area (Å²) in [6.45, 7) is 13.9. The Kier molecular flexibility index (Phi) is 36.8. The summed E-state index contributed by atoms with van der Waals surface area (Å²) in [7, 11) is 0. The molecular weight excluding hydrogens is 635 g/mol. The number of carbonyl (C=O) groups is 1. The number of ether oxygens (including phenoxy) is 1. The lowest BCUT2D eigenvalue weighted by Gasteiger charge is -2.23. The summed E-state index contributed by atoms with van der Waals surface area (Å²) >= 11 is 0. The molecule has 0 aromatic rings. The number of hydrogen-bond acceptors (Lipinski definition) is 3. The van der Waals surface area contributed by atoms with Crippen molar-refractivity contribution in [1.82, 2.24) is 4.90 Å². The number of carbonyl (C=O) groups excluding carboxylic acids is 1. The molecule has 0 aromatic heterocycles. The average molecular weight is 732 g/mol. The third-order valence-corrected chi connectivity index (χ3v) is 12.6. The number of rotatable bonds is 41. The van der Waals surface area contributed by atoms with Crippen LogP contribution in [0.2, 0.25) is 0 Å². The van der Waals surface area contributed by atoms with Gasteiger partial charge in [0.05, 0.1) is 6.61 Å². The zero-order valence-electron chi connectivity index (χ0n) is 36.5. The molecule has 0 radical (unpaired) electrons. The van der Waals surface area contributed by atoms with Crippen LogP contribution in [0.3, 0.4) is 0 Å². The van der Waals surface area contributed by atoms with Crippen molar-refractivity contribution in [3.63, 3.8) is 0 Å². The fraction of sp³-hybridized carbons (Fsp3) is 0.980. The van der Waals surface area contributed by atoms with E-state index in [0.29, 0.717) is 13.0 Å². The summed E-state index contributed by atoms with van der Waals surface area (Å²) in [4.78, 5) is 15.1. The van der Waals surface area contributed by atoms with E-state index >= 15 is 0 Å². The molecule has 0 N–H and O–H groups in total. The summed E-state index contributed by atoms with van der Waals surface area (Å²) in [6.07, 6.45) is 50.2. The molecular formula is C49H97NO2. The van der Waals surface area contributed by atoms with E-state index in [1.807, 2.05) is 0 Å². The van der Waals surface area contributed by atoms with E-state index in [0.717, 1.165) is 30.6 Å². The highest BCUT2D eigenvalue weighted by Gasteiger charge is 2.17. The fourth-order valence-corrected chi connectivity index (χ4v) is 9.00. The Balaban J connectivity index is 2.11. The second kappa shape index (κ2) is 38.7. The molecule has 0 bridgehead atoms. The lowest BCUT2D eigenvalue weighted by molar-refractivity contribution is -0.144. The number of likely N-dealkylation sites (tertiary alicyclic amines) is 1. The molecule has 1 aliphatic rings. The van der Waals surface area contributed by atoms with E-state index < -0.39 is 0 Å². The molecule has 0 aromatic carbocycles. The van der Waals surface area contributed by atoms with Gasteiger partial charge in [0, 0.05) is 13.0 Å². The van der Waals surface area contributed by atoms with Crippen molar-refractivity contribution in [2.24, 2.45) is 17.8 Å². The summed E-state index contributed by atoms with van der Waals surface area (Å²) in [5, 5.41) is 0. The molecule has 3 heteroatoms. The normalized spacial score (nSPS) is 14.3. The highest BCUT2D eigenvalue weighted by atomic mass is 16.5. The minimum atomic E-state index is 0.0420. The minimum absolute atomic E-state index is 0.0420. The lowest BCUT2D eigenvalue weighted by Crippen LogP contribution is -2.26. The Morgan fingerprint density at radius 3 is 1.15 bits per heavy atom. The van der Waals surface area contributed by atoms with Crippen LogP contribution in [0.4, 0.5) is 0 Å². The van der Waals surface area contributed by atoms with Crippen molar-refractivity contribution in [1.29, 1.82) is 0 Å². The zero-order valence-corrected chi connectivity index (χ0v) is 36.5. The second-order valence-electron chi connectivity index (χ2n) is 17.7. The van der Waals surface area contributed by atoms with Crippen molar-refractivity contribution < 1.29 is 9.53 Å². The van der Waals surface area contributed by atoms with Gasteiger partial charge in [-0.25, -0.2) is 0 Å². The van der Waals surface area contributed by atoms with Crippen molar-refractivity contribution in [2.75, 3.05) is 26.2 Å². The SMILES string of the molecule is CCCCCC(CCCCC)CCCCCCCCCCC(CCCCCCCCC(=O)OCCC(CCCCC)CCCCC)CN1CCCC1. The van der Waals surface area contributed by atoms with Gasteiger partial charge in [-0.1, -0.05) is 220 Å². The predicted octanol–water partition coefficient (Wildman–Crippen LogP) is 16.2. The van der Waals surface area contributed by atoms with Crippen LogP contribution >= 0.6 is 0 Å². The minimum Gasteiger partial charge on any atom is -0.466 e. The van der Waals surface area contributed by atoms with Gasteiger partial charge in [-0.3, -0.25) is 4.79 Å². The van der Waals surface area contributed by atoms with Crippen molar-refractivity contribution >= 4 is 5.97 Å². The van der Waals surface area contributed by atoms with Gasteiger partial charge in [0.25, 0.3) is 0 Å². The fourth-order valence-electron chi connectivity index (χ4n) is 9.00. The van der Waals surface area contributed by atoms with E-state index in [1.54, 1.807) is 0 Å². The van der Waals surface area contributed by atoms with E-state index in [1.165, 1.54) is 238 Å². The van der Waals surface area contributed by atoms with Gasteiger partial charge in [0.15, 0.2) is 0 Å². The molecule has 0 amide bonds. The first-order valence-electron chi connectivity index (χ1n) is 24.5. The first kappa shape index (κ1) is 49.4. The molecule has 1 atom stereocenters. The quantitative estimate of drug-likeness (QED) is 0.0463. The Bertz CT molecular complexity index is 698. The molecule has 1 heterocycles. The third kappa shape index (κ3) is 31.7. The van der Waals surface area contributed by atoms with Crippen LogP contribution in [0, 0.1) is 17.8 Å².